The van der Waals surface area contributed by atoms with Crippen LogP contribution in [0.5, 0.6) is 5.75 Å². The van der Waals surface area contributed by atoms with E-state index in [1.165, 1.54) is 17.8 Å². The smallest absolute Gasteiger partial charge is 0.166 e. The van der Waals surface area contributed by atoms with Crippen molar-refractivity contribution in [2.24, 2.45) is 0 Å². The van der Waals surface area contributed by atoms with E-state index in [0.717, 1.165) is 23.2 Å². The molecule has 0 fully saturated rings. The van der Waals surface area contributed by atoms with Gasteiger partial charge < -0.3 is 9.84 Å². The fraction of sp³-hybridized carbons (Fsp3) is 0.143. The summed E-state index contributed by atoms with van der Waals surface area (Å²) in [5.41, 5.74) is 4.60. The number of carbonyl (C=O) groups excluding carboxylic acids is 1. The number of hydrogen-bond donors (Lipinski definition) is 1. The van der Waals surface area contributed by atoms with Crippen LogP contribution in [0.1, 0.15) is 32.7 Å². The Balaban J connectivity index is 1.56. The first-order chi connectivity index (χ1) is 13.2. The molecule has 1 aliphatic heterocycles. The number of aldehydes is 1. The molecule has 2 heterocycles. The number of benzene rings is 2. The zero-order chi connectivity index (χ0) is 18.8. The number of aromatic nitrogens is 2. The molecule has 3 aromatic rings. The van der Waals surface area contributed by atoms with Gasteiger partial charge in [0, 0.05) is 12.0 Å². The Hall–Kier alpha value is -3.25. The van der Waals surface area contributed by atoms with Gasteiger partial charge in [0.2, 0.25) is 0 Å². The minimum Gasteiger partial charge on any atom is -0.504 e. The second-order valence-electron chi connectivity index (χ2n) is 6.31. The zero-order valence-corrected chi connectivity index (χ0v) is 14.4. The van der Waals surface area contributed by atoms with Crippen LogP contribution in [0.4, 0.5) is 4.39 Å². The van der Waals surface area contributed by atoms with Crippen molar-refractivity contribution in [3.05, 3.63) is 76.4 Å². The molecular formula is C21H17FN2O3. The van der Waals surface area contributed by atoms with Gasteiger partial charge in [0.05, 0.1) is 36.4 Å². The number of phenols is 1. The molecule has 1 aromatic heterocycles. The largest absolute Gasteiger partial charge is 0.504 e. The summed E-state index contributed by atoms with van der Waals surface area (Å²) >= 11 is 0. The van der Waals surface area contributed by atoms with Crippen molar-refractivity contribution in [2.75, 3.05) is 6.61 Å². The van der Waals surface area contributed by atoms with E-state index in [1.807, 2.05) is 41.2 Å². The van der Waals surface area contributed by atoms with Crippen molar-refractivity contribution in [2.45, 2.75) is 13.0 Å². The molecule has 27 heavy (non-hydrogen) atoms. The van der Waals surface area contributed by atoms with Gasteiger partial charge in [-0.05, 0) is 35.4 Å². The van der Waals surface area contributed by atoms with Gasteiger partial charge >= 0.3 is 0 Å². The van der Waals surface area contributed by atoms with Gasteiger partial charge in [0.15, 0.2) is 17.9 Å². The lowest BCUT2D eigenvalue weighted by Gasteiger charge is -2.14. The molecule has 6 heteroatoms. The molecule has 0 unspecified atom stereocenters. The first-order valence-corrected chi connectivity index (χ1v) is 8.55. The van der Waals surface area contributed by atoms with Crippen LogP contribution < -0.4 is 0 Å². The Kier molecular flexibility index (Phi) is 4.56. The molecule has 0 radical (unpaired) electrons. The number of nitrogens with zero attached hydrogens (tertiary/aromatic N) is 2. The lowest BCUT2D eigenvalue weighted by atomic mass is 10.1. The predicted octanol–water partition coefficient (Wildman–Crippen LogP) is 3.77. The Bertz CT molecular complexity index is 1020. The Labute approximate surface area is 155 Å². The molecule has 4 rings (SSSR count). The Morgan fingerprint density at radius 2 is 1.93 bits per heavy atom. The van der Waals surface area contributed by atoms with Crippen LogP contribution in [0, 0.1) is 5.82 Å². The van der Waals surface area contributed by atoms with Crippen LogP contribution >= 0.6 is 0 Å². The highest BCUT2D eigenvalue weighted by Gasteiger charge is 2.16. The van der Waals surface area contributed by atoms with Crippen molar-refractivity contribution in [3.8, 4) is 11.4 Å². The van der Waals surface area contributed by atoms with Crippen LogP contribution in [0.25, 0.3) is 17.8 Å². The van der Waals surface area contributed by atoms with Crippen LogP contribution in [0.15, 0.2) is 42.6 Å². The summed E-state index contributed by atoms with van der Waals surface area (Å²) < 4.78 is 21.0. The third-order valence-electron chi connectivity index (χ3n) is 4.54. The van der Waals surface area contributed by atoms with Gasteiger partial charge in [-0.2, -0.15) is 5.10 Å². The van der Waals surface area contributed by atoms with E-state index in [-0.39, 0.29) is 5.56 Å². The van der Waals surface area contributed by atoms with Crippen molar-refractivity contribution in [1.82, 2.24) is 9.78 Å². The average Bonchev–Trinajstić information content (AvgIpc) is 3.13. The number of ether oxygens (including phenoxy) is 1. The molecule has 136 valence electrons. The fourth-order valence-electron chi connectivity index (χ4n) is 3.12. The van der Waals surface area contributed by atoms with E-state index in [0.29, 0.717) is 25.1 Å². The van der Waals surface area contributed by atoms with Crippen LogP contribution in [-0.4, -0.2) is 27.8 Å². The number of rotatable bonds is 4. The molecule has 5 nitrogen and oxygen atoms in total. The monoisotopic (exact) mass is 364 g/mol. The maximum atomic E-state index is 13.6. The number of fused-ring (bicyclic) bond motifs is 1. The number of phenolic OH excluding ortho intramolecular Hbond substituents is 1. The van der Waals surface area contributed by atoms with E-state index in [4.69, 9.17) is 4.74 Å². The molecule has 0 saturated heterocycles. The van der Waals surface area contributed by atoms with E-state index in [1.54, 1.807) is 6.08 Å². The molecule has 0 amide bonds. The van der Waals surface area contributed by atoms with Crippen molar-refractivity contribution >= 4 is 18.4 Å². The van der Waals surface area contributed by atoms with Crippen LogP contribution in [-0.2, 0) is 17.8 Å². The highest BCUT2D eigenvalue weighted by molar-refractivity contribution is 5.82. The minimum absolute atomic E-state index is 0.0718. The minimum atomic E-state index is -0.818. The number of halogens is 1. The second kappa shape index (κ2) is 7.17. The molecule has 0 aliphatic carbocycles. The molecule has 0 bridgehead atoms. The van der Waals surface area contributed by atoms with Gasteiger partial charge in [-0.1, -0.05) is 24.3 Å². The molecule has 0 saturated carbocycles. The maximum absolute atomic E-state index is 13.6. The summed E-state index contributed by atoms with van der Waals surface area (Å²) in [5.74, 6) is -1.44. The Morgan fingerprint density at radius 3 is 2.70 bits per heavy atom. The van der Waals surface area contributed by atoms with Crippen LogP contribution in [0.2, 0.25) is 0 Å². The van der Waals surface area contributed by atoms with Crippen molar-refractivity contribution < 1.29 is 19.0 Å². The topological polar surface area (TPSA) is 64.4 Å². The first kappa shape index (κ1) is 17.2. The highest BCUT2D eigenvalue weighted by atomic mass is 19.1. The van der Waals surface area contributed by atoms with Gasteiger partial charge in [-0.15, -0.1) is 0 Å². The van der Waals surface area contributed by atoms with Gasteiger partial charge in [-0.3, -0.25) is 4.79 Å². The van der Waals surface area contributed by atoms with Crippen molar-refractivity contribution in [1.29, 1.82) is 0 Å². The fourth-order valence-corrected chi connectivity index (χ4v) is 3.12. The third kappa shape index (κ3) is 3.39. The molecule has 1 aliphatic rings. The third-order valence-corrected chi connectivity index (χ3v) is 4.54. The Morgan fingerprint density at radius 1 is 1.15 bits per heavy atom. The van der Waals surface area contributed by atoms with E-state index in [2.05, 4.69) is 5.10 Å². The zero-order valence-electron chi connectivity index (χ0n) is 14.4. The molecule has 0 atom stereocenters. The summed E-state index contributed by atoms with van der Waals surface area (Å²) in [5, 5.41) is 13.9. The maximum Gasteiger partial charge on any atom is 0.166 e. The number of carbonyl (C=O) groups is 1. The number of hydrogen-bond acceptors (Lipinski definition) is 4. The van der Waals surface area contributed by atoms with Crippen molar-refractivity contribution in [3.63, 3.8) is 0 Å². The first-order valence-electron chi connectivity index (χ1n) is 8.55. The summed E-state index contributed by atoms with van der Waals surface area (Å²) in [6.45, 7) is 1.30. The quantitative estimate of drug-likeness (QED) is 0.565. The van der Waals surface area contributed by atoms with Crippen LogP contribution in [0.3, 0.4) is 0 Å². The van der Waals surface area contributed by atoms with Gasteiger partial charge in [0.25, 0.3) is 0 Å². The normalized spacial score (nSPS) is 13.7. The lowest BCUT2D eigenvalue weighted by molar-refractivity contribution is 0.109. The SMILES string of the molecule is O=Cc1cc(/C=C/c2ccc(-n3ncc4c3CCOC4)cc2)cc(F)c1O. The molecule has 1 N–H and O–H groups in total. The second-order valence-corrected chi connectivity index (χ2v) is 6.31. The summed E-state index contributed by atoms with van der Waals surface area (Å²) in [6, 6.07) is 10.4. The van der Waals surface area contributed by atoms with E-state index in [9.17, 15) is 14.3 Å². The van der Waals surface area contributed by atoms with E-state index >= 15 is 0 Å². The molecule has 2 aromatic carbocycles. The van der Waals surface area contributed by atoms with Gasteiger partial charge in [-0.25, -0.2) is 9.07 Å². The summed E-state index contributed by atoms with van der Waals surface area (Å²) in [6.07, 6.45) is 6.61. The van der Waals surface area contributed by atoms with E-state index < -0.39 is 11.6 Å². The number of aromatic hydroxyl groups is 1. The van der Waals surface area contributed by atoms with Gasteiger partial charge in [0.1, 0.15) is 0 Å². The lowest BCUT2D eigenvalue weighted by Crippen LogP contribution is -2.12. The highest BCUT2D eigenvalue weighted by Crippen LogP contribution is 2.24. The molecular weight excluding hydrogens is 347 g/mol. The average molecular weight is 364 g/mol. The summed E-state index contributed by atoms with van der Waals surface area (Å²) in [4.78, 5) is 10.9. The molecule has 0 spiro atoms. The summed E-state index contributed by atoms with van der Waals surface area (Å²) in [7, 11) is 0. The standard InChI is InChI=1S/C21H17FN2O3/c22-19-10-15(9-16(12-25)21(19)26)2-1-14-3-5-18(6-4-14)24-20-7-8-27-13-17(20)11-23-24/h1-6,9-12,26H,7-8,13H2/b2-1+. The predicted molar refractivity (Wildman–Crippen MR) is 99.3 cm³/mol.